The minimum Gasteiger partial charge on any atom is -0.507 e. The first-order valence-electron chi connectivity index (χ1n) is 10.6. The Morgan fingerprint density at radius 1 is 1.17 bits per heavy atom. The molecule has 1 fully saturated rings. The van der Waals surface area contributed by atoms with E-state index in [0.29, 0.717) is 29.2 Å². The van der Waals surface area contributed by atoms with E-state index in [0.717, 1.165) is 11.3 Å². The van der Waals surface area contributed by atoms with E-state index in [1.54, 1.807) is 67.6 Å². The first-order valence-corrected chi connectivity index (χ1v) is 11.4. The predicted octanol–water partition coefficient (Wildman–Crippen LogP) is 4.43. The molecule has 35 heavy (non-hydrogen) atoms. The van der Waals surface area contributed by atoms with Gasteiger partial charge in [0.15, 0.2) is 5.13 Å². The number of carbonyl (C=O) groups excluding carboxylic acids is 3. The van der Waals surface area contributed by atoms with Gasteiger partial charge < -0.3 is 14.6 Å². The van der Waals surface area contributed by atoms with E-state index in [-0.39, 0.29) is 21.3 Å². The van der Waals surface area contributed by atoms with Gasteiger partial charge in [0.2, 0.25) is 0 Å². The Labute approximate surface area is 205 Å². The number of methoxy groups -OCH3 is 1. The third kappa shape index (κ3) is 4.45. The number of hydrogen-bond donors (Lipinski definition) is 1. The highest BCUT2D eigenvalue weighted by atomic mass is 32.1. The highest BCUT2D eigenvalue weighted by Crippen LogP contribution is 2.43. The van der Waals surface area contributed by atoms with E-state index >= 15 is 0 Å². The molecule has 4 rings (SSSR count). The van der Waals surface area contributed by atoms with Crippen LogP contribution in [0, 0.1) is 6.92 Å². The Balaban J connectivity index is 1.84. The van der Waals surface area contributed by atoms with Crippen LogP contribution >= 0.6 is 11.3 Å². The minimum absolute atomic E-state index is 0.0755. The Morgan fingerprint density at radius 2 is 1.86 bits per heavy atom. The van der Waals surface area contributed by atoms with Crippen LogP contribution in [-0.4, -0.2) is 41.5 Å². The van der Waals surface area contributed by atoms with Gasteiger partial charge in [0, 0.05) is 5.56 Å². The number of Topliss-reactive ketones (excluding diaryl/α,β-unsaturated/α-hetero) is 1. The van der Waals surface area contributed by atoms with E-state index in [2.05, 4.69) is 11.6 Å². The molecule has 1 aliphatic heterocycles. The molecule has 0 spiro atoms. The monoisotopic (exact) mass is 490 g/mol. The maximum atomic E-state index is 13.2. The quantitative estimate of drug-likeness (QED) is 0.172. The highest BCUT2D eigenvalue weighted by molar-refractivity contribution is 7.17. The van der Waals surface area contributed by atoms with Gasteiger partial charge in [-0.15, -0.1) is 0 Å². The van der Waals surface area contributed by atoms with Gasteiger partial charge in [0.1, 0.15) is 23.0 Å². The maximum Gasteiger partial charge on any atom is 0.350 e. The number of esters is 1. The number of amides is 1. The zero-order valence-corrected chi connectivity index (χ0v) is 19.9. The maximum absolute atomic E-state index is 13.2. The van der Waals surface area contributed by atoms with E-state index < -0.39 is 23.7 Å². The van der Waals surface area contributed by atoms with Gasteiger partial charge in [-0.1, -0.05) is 54.3 Å². The summed E-state index contributed by atoms with van der Waals surface area (Å²) in [5.74, 6) is -2.04. The van der Waals surface area contributed by atoms with E-state index in [9.17, 15) is 19.5 Å². The molecule has 0 bridgehead atoms. The van der Waals surface area contributed by atoms with Crippen molar-refractivity contribution in [1.29, 1.82) is 0 Å². The van der Waals surface area contributed by atoms with Crippen molar-refractivity contribution in [1.82, 2.24) is 4.98 Å². The molecule has 3 aromatic rings. The summed E-state index contributed by atoms with van der Waals surface area (Å²) in [4.78, 5) is 44.4. The van der Waals surface area contributed by atoms with Crippen LogP contribution in [0.5, 0.6) is 5.75 Å². The Kier molecular flexibility index (Phi) is 6.79. The largest absolute Gasteiger partial charge is 0.507 e. The number of ketones is 1. The van der Waals surface area contributed by atoms with Crippen LogP contribution in [0.15, 0.2) is 72.8 Å². The molecule has 1 aromatic heterocycles. The van der Waals surface area contributed by atoms with Crippen molar-refractivity contribution >= 4 is 39.9 Å². The second kappa shape index (κ2) is 9.94. The summed E-state index contributed by atoms with van der Waals surface area (Å²) in [6.07, 6.45) is 1.61. The molecule has 1 N–H and O–H groups in total. The topological polar surface area (TPSA) is 106 Å². The molecule has 1 atom stereocenters. The van der Waals surface area contributed by atoms with Crippen LogP contribution in [0.2, 0.25) is 0 Å². The van der Waals surface area contributed by atoms with Gasteiger partial charge in [-0.3, -0.25) is 14.5 Å². The second-order valence-corrected chi connectivity index (χ2v) is 8.58. The first kappa shape index (κ1) is 23.9. The fourth-order valence-corrected chi connectivity index (χ4v) is 4.78. The molecule has 1 amide bonds. The van der Waals surface area contributed by atoms with E-state index in [1.807, 2.05) is 0 Å². The van der Waals surface area contributed by atoms with Crippen molar-refractivity contribution in [2.75, 3.05) is 18.6 Å². The second-order valence-electron chi connectivity index (χ2n) is 7.61. The molecule has 1 unspecified atom stereocenters. The summed E-state index contributed by atoms with van der Waals surface area (Å²) in [5.41, 5.74) is 1.25. The molecular weight excluding hydrogens is 468 g/mol. The Morgan fingerprint density at radius 3 is 2.49 bits per heavy atom. The number of benzene rings is 2. The summed E-state index contributed by atoms with van der Waals surface area (Å²) in [7, 11) is 1.26. The average molecular weight is 491 g/mol. The van der Waals surface area contributed by atoms with E-state index in [4.69, 9.17) is 9.47 Å². The number of aryl methyl sites for hydroxylation is 1. The number of hydrogen-bond acceptors (Lipinski definition) is 8. The van der Waals surface area contributed by atoms with Crippen LogP contribution in [0.4, 0.5) is 5.13 Å². The van der Waals surface area contributed by atoms with Gasteiger partial charge in [0.25, 0.3) is 5.78 Å². The third-order valence-corrected chi connectivity index (χ3v) is 6.55. The van der Waals surface area contributed by atoms with Gasteiger partial charge in [-0.25, -0.2) is 9.78 Å². The van der Waals surface area contributed by atoms with Crippen molar-refractivity contribution in [2.45, 2.75) is 13.0 Å². The van der Waals surface area contributed by atoms with Crippen LogP contribution in [0.25, 0.3) is 5.76 Å². The minimum atomic E-state index is -0.941. The van der Waals surface area contributed by atoms with E-state index in [1.165, 1.54) is 12.0 Å². The molecule has 2 aromatic carbocycles. The summed E-state index contributed by atoms with van der Waals surface area (Å²) in [6, 6.07) is 14.4. The first-order chi connectivity index (χ1) is 16.9. The highest BCUT2D eigenvalue weighted by Gasteiger charge is 2.48. The number of aliphatic hydroxyl groups is 1. The number of ether oxygens (including phenoxy) is 2. The van der Waals surface area contributed by atoms with Crippen molar-refractivity contribution in [3.8, 4) is 5.75 Å². The predicted molar refractivity (Wildman–Crippen MR) is 132 cm³/mol. The molecule has 9 heteroatoms. The summed E-state index contributed by atoms with van der Waals surface area (Å²) in [5, 5.41) is 11.3. The Hall–Kier alpha value is -4.24. The molecule has 0 radical (unpaired) electrons. The van der Waals surface area contributed by atoms with Gasteiger partial charge in [-0.2, -0.15) is 0 Å². The Bertz CT molecular complexity index is 1330. The number of aromatic nitrogens is 1. The zero-order valence-electron chi connectivity index (χ0n) is 19.1. The lowest BCUT2D eigenvalue weighted by molar-refractivity contribution is -0.132. The van der Waals surface area contributed by atoms with Crippen LogP contribution in [-0.2, 0) is 14.3 Å². The number of rotatable bonds is 7. The fourth-order valence-electron chi connectivity index (χ4n) is 3.77. The van der Waals surface area contributed by atoms with Crippen molar-refractivity contribution in [2.24, 2.45) is 0 Å². The van der Waals surface area contributed by atoms with Crippen LogP contribution < -0.4 is 9.64 Å². The average Bonchev–Trinajstić information content (AvgIpc) is 3.39. The number of thiazole rings is 1. The fraction of sp³-hybridized carbons (Fsp3) is 0.154. The van der Waals surface area contributed by atoms with Crippen molar-refractivity contribution in [3.63, 3.8) is 0 Å². The molecule has 8 nitrogen and oxygen atoms in total. The summed E-state index contributed by atoms with van der Waals surface area (Å²) < 4.78 is 10.3. The number of nitrogens with zero attached hydrogens (tertiary/aromatic N) is 2. The van der Waals surface area contributed by atoms with Gasteiger partial charge in [-0.05, 0) is 36.8 Å². The summed E-state index contributed by atoms with van der Waals surface area (Å²) in [6.45, 7) is 5.55. The molecule has 1 saturated heterocycles. The molecule has 0 aliphatic carbocycles. The number of anilines is 1. The van der Waals surface area contributed by atoms with Crippen LogP contribution in [0.3, 0.4) is 0 Å². The third-order valence-electron chi connectivity index (χ3n) is 5.42. The zero-order chi connectivity index (χ0) is 25.1. The van der Waals surface area contributed by atoms with Crippen molar-refractivity contribution < 1.29 is 29.0 Å². The lowest BCUT2D eigenvalue weighted by atomic mass is 9.95. The number of carbonyl (C=O) groups is 3. The lowest BCUT2D eigenvalue weighted by Gasteiger charge is -2.23. The smallest absolute Gasteiger partial charge is 0.350 e. The molecule has 0 saturated carbocycles. The van der Waals surface area contributed by atoms with Gasteiger partial charge in [0.05, 0.1) is 24.4 Å². The molecule has 178 valence electrons. The molecule has 1 aliphatic rings. The number of aliphatic hydroxyl groups excluding tert-OH is 1. The standard InChI is InChI=1S/C26H22N2O6S/c1-4-14-34-18-12-10-17(11-13-18)21(29)19-20(16-8-6-5-7-9-16)28(24(31)22(19)30)26-27-15(2)23(35-26)25(32)33-3/h4-13,20,29H,1,14H2,2-3H3/b21-19+. The van der Waals surface area contributed by atoms with Gasteiger partial charge >= 0.3 is 11.9 Å². The lowest BCUT2D eigenvalue weighted by Crippen LogP contribution is -2.29. The normalized spacial score (nSPS) is 16.9. The van der Waals surface area contributed by atoms with Crippen molar-refractivity contribution in [3.05, 3.63) is 94.5 Å². The summed E-state index contributed by atoms with van der Waals surface area (Å²) >= 11 is 0.951. The molecule has 2 heterocycles. The SMILES string of the molecule is C=CCOc1ccc(/C(O)=C2\C(=O)C(=O)N(c3nc(C)c(C(=O)OC)s3)C2c2ccccc2)cc1. The van der Waals surface area contributed by atoms with Crippen LogP contribution in [0.1, 0.15) is 32.5 Å². The molecular formula is C26H22N2O6S.